The lowest BCUT2D eigenvalue weighted by atomic mass is 10.1. The molecule has 0 amide bonds. The fourth-order valence-corrected chi connectivity index (χ4v) is 3.49. The first-order chi connectivity index (χ1) is 11.9. The van der Waals surface area contributed by atoms with Crippen LogP contribution in [0.2, 0.25) is 0 Å². The Balaban J connectivity index is 2.16. The zero-order valence-electron chi connectivity index (χ0n) is 14.3. The number of sulfonamides is 1. The van der Waals surface area contributed by atoms with Crippen molar-refractivity contribution in [3.8, 4) is 0 Å². The van der Waals surface area contributed by atoms with E-state index in [0.717, 1.165) is 42.9 Å². The second-order valence-electron chi connectivity index (χ2n) is 5.63. The summed E-state index contributed by atoms with van der Waals surface area (Å²) in [6.45, 7) is 6.72. The molecule has 0 spiro atoms. The molecule has 0 aromatic heterocycles. The number of hydrogen-bond donors (Lipinski definition) is 1. The molecule has 0 heterocycles. The Morgan fingerprint density at radius 2 is 1.60 bits per heavy atom. The van der Waals surface area contributed by atoms with E-state index in [1.54, 1.807) is 0 Å². The molecular formula is C18H22F2N2O2S. The lowest BCUT2D eigenvalue weighted by molar-refractivity contribution is 0.295. The van der Waals surface area contributed by atoms with Crippen LogP contribution in [-0.4, -0.2) is 26.4 Å². The van der Waals surface area contributed by atoms with Gasteiger partial charge in [-0.2, -0.15) is 0 Å². The summed E-state index contributed by atoms with van der Waals surface area (Å²) in [5.41, 5.74) is 1.87. The minimum absolute atomic E-state index is 0.0821. The molecular weight excluding hydrogens is 346 g/mol. The number of rotatable bonds is 8. The number of nitrogens with zero attached hydrogens (tertiary/aromatic N) is 1. The van der Waals surface area contributed by atoms with Gasteiger partial charge in [0.1, 0.15) is 0 Å². The van der Waals surface area contributed by atoms with Gasteiger partial charge in [0.2, 0.25) is 10.0 Å². The summed E-state index contributed by atoms with van der Waals surface area (Å²) in [6.07, 6.45) is 0. The van der Waals surface area contributed by atoms with E-state index < -0.39 is 21.7 Å². The van der Waals surface area contributed by atoms with Crippen LogP contribution in [0.15, 0.2) is 47.4 Å². The van der Waals surface area contributed by atoms with Crippen LogP contribution in [0.25, 0.3) is 0 Å². The normalized spacial score (nSPS) is 11.9. The highest BCUT2D eigenvalue weighted by Gasteiger charge is 2.17. The van der Waals surface area contributed by atoms with Gasteiger partial charge in [-0.1, -0.05) is 38.1 Å². The van der Waals surface area contributed by atoms with E-state index in [9.17, 15) is 17.2 Å². The van der Waals surface area contributed by atoms with Crippen molar-refractivity contribution >= 4 is 10.0 Å². The second kappa shape index (κ2) is 8.51. The molecule has 0 fully saturated rings. The largest absolute Gasteiger partial charge is 0.300 e. The Kier molecular flexibility index (Phi) is 6.64. The van der Waals surface area contributed by atoms with Crippen LogP contribution < -0.4 is 4.72 Å². The van der Waals surface area contributed by atoms with Crippen LogP contribution >= 0.6 is 0 Å². The van der Waals surface area contributed by atoms with Gasteiger partial charge in [-0.3, -0.25) is 4.90 Å². The molecule has 0 saturated heterocycles. The van der Waals surface area contributed by atoms with Crippen molar-refractivity contribution in [2.24, 2.45) is 0 Å². The predicted molar refractivity (Wildman–Crippen MR) is 93.5 cm³/mol. The highest BCUT2D eigenvalue weighted by Crippen LogP contribution is 2.16. The number of benzene rings is 2. The van der Waals surface area contributed by atoms with Gasteiger partial charge >= 0.3 is 0 Å². The summed E-state index contributed by atoms with van der Waals surface area (Å²) >= 11 is 0. The van der Waals surface area contributed by atoms with Gasteiger partial charge in [-0.05, 0) is 42.4 Å². The number of nitrogens with one attached hydrogen (secondary N) is 1. The van der Waals surface area contributed by atoms with Crippen LogP contribution in [0.1, 0.15) is 25.0 Å². The molecule has 25 heavy (non-hydrogen) atoms. The van der Waals surface area contributed by atoms with E-state index in [2.05, 4.69) is 23.5 Å². The van der Waals surface area contributed by atoms with Crippen molar-refractivity contribution < 1.29 is 17.2 Å². The molecule has 0 aliphatic carbocycles. The fraction of sp³-hybridized carbons (Fsp3) is 0.333. The topological polar surface area (TPSA) is 49.4 Å². The number of hydrogen-bond acceptors (Lipinski definition) is 3. The zero-order valence-corrected chi connectivity index (χ0v) is 15.1. The van der Waals surface area contributed by atoms with E-state index in [1.165, 1.54) is 0 Å². The fourth-order valence-electron chi connectivity index (χ4n) is 2.47. The summed E-state index contributed by atoms with van der Waals surface area (Å²) in [6, 6.07) is 10.1. The molecule has 0 aliphatic heterocycles. The minimum atomic E-state index is -3.92. The molecule has 0 bridgehead atoms. The molecule has 2 aromatic rings. The van der Waals surface area contributed by atoms with Gasteiger partial charge in [-0.25, -0.2) is 21.9 Å². The Morgan fingerprint density at radius 1 is 0.960 bits per heavy atom. The van der Waals surface area contributed by atoms with Crippen LogP contribution in [0, 0.1) is 11.6 Å². The molecule has 2 aromatic carbocycles. The molecule has 4 nitrogen and oxygen atoms in total. The molecule has 0 saturated carbocycles. The quantitative estimate of drug-likeness (QED) is 0.778. The summed E-state index contributed by atoms with van der Waals surface area (Å²) in [7, 11) is -3.92. The van der Waals surface area contributed by atoms with Crippen molar-refractivity contribution in [3.05, 3.63) is 65.2 Å². The molecule has 7 heteroatoms. The SMILES string of the molecule is CCN(CC)Cc1ccccc1CNS(=O)(=O)c1ccc(F)c(F)c1. The molecule has 0 radical (unpaired) electrons. The van der Waals surface area contributed by atoms with Gasteiger partial charge in [0, 0.05) is 13.1 Å². The first-order valence-electron chi connectivity index (χ1n) is 8.11. The highest BCUT2D eigenvalue weighted by atomic mass is 32.2. The molecule has 0 aliphatic rings. The standard InChI is InChI=1S/C18H22F2N2O2S/c1-3-22(4-2)13-15-8-6-5-7-14(15)12-21-25(23,24)16-9-10-17(19)18(20)11-16/h5-11,21H,3-4,12-13H2,1-2H3. The average Bonchev–Trinajstić information content (AvgIpc) is 2.61. The maximum Gasteiger partial charge on any atom is 0.240 e. The van der Waals surface area contributed by atoms with Gasteiger partial charge in [-0.15, -0.1) is 0 Å². The average molecular weight is 368 g/mol. The van der Waals surface area contributed by atoms with E-state index in [-0.39, 0.29) is 11.4 Å². The third kappa shape index (κ3) is 5.07. The first-order valence-corrected chi connectivity index (χ1v) is 9.59. The van der Waals surface area contributed by atoms with Gasteiger partial charge < -0.3 is 0 Å². The van der Waals surface area contributed by atoms with E-state index in [0.29, 0.717) is 6.07 Å². The Hall–Kier alpha value is -1.83. The highest BCUT2D eigenvalue weighted by molar-refractivity contribution is 7.89. The van der Waals surface area contributed by atoms with E-state index in [4.69, 9.17) is 0 Å². The lowest BCUT2D eigenvalue weighted by Crippen LogP contribution is -2.26. The van der Waals surface area contributed by atoms with Crippen molar-refractivity contribution in [1.82, 2.24) is 9.62 Å². The second-order valence-corrected chi connectivity index (χ2v) is 7.40. The van der Waals surface area contributed by atoms with Gasteiger partial charge in [0.15, 0.2) is 11.6 Å². The molecule has 2 rings (SSSR count). The molecule has 0 atom stereocenters. The van der Waals surface area contributed by atoms with Crippen LogP contribution in [0.5, 0.6) is 0 Å². The predicted octanol–water partition coefficient (Wildman–Crippen LogP) is 3.29. The van der Waals surface area contributed by atoms with Crippen molar-refractivity contribution in [2.75, 3.05) is 13.1 Å². The van der Waals surface area contributed by atoms with Gasteiger partial charge in [0.25, 0.3) is 0 Å². The molecule has 0 unspecified atom stereocenters. The maximum atomic E-state index is 13.3. The third-order valence-corrected chi connectivity index (χ3v) is 5.46. The van der Waals surface area contributed by atoms with Crippen molar-refractivity contribution in [1.29, 1.82) is 0 Å². The van der Waals surface area contributed by atoms with Crippen molar-refractivity contribution in [2.45, 2.75) is 31.8 Å². The van der Waals surface area contributed by atoms with Gasteiger partial charge in [0.05, 0.1) is 4.90 Å². The number of halogens is 2. The van der Waals surface area contributed by atoms with Crippen molar-refractivity contribution in [3.63, 3.8) is 0 Å². The van der Waals surface area contributed by atoms with Crippen LogP contribution in [0.4, 0.5) is 8.78 Å². The summed E-state index contributed by atoms with van der Waals surface area (Å²) < 4.78 is 53.3. The monoisotopic (exact) mass is 368 g/mol. The lowest BCUT2D eigenvalue weighted by Gasteiger charge is -2.20. The zero-order chi connectivity index (χ0) is 18.4. The Labute approximate surface area is 147 Å². The van der Waals surface area contributed by atoms with Crippen LogP contribution in [0.3, 0.4) is 0 Å². The van der Waals surface area contributed by atoms with E-state index >= 15 is 0 Å². The van der Waals surface area contributed by atoms with E-state index in [1.807, 2.05) is 24.3 Å². The Morgan fingerprint density at radius 3 is 2.20 bits per heavy atom. The third-order valence-electron chi connectivity index (χ3n) is 4.06. The minimum Gasteiger partial charge on any atom is -0.300 e. The maximum absolute atomic E-state index is 13.3. The first kappa shape index (κ1) is 19.5. The molecule has 1 N–H and O–H groups in total. The summed E-state index contributed by atoms with van der Waals surface area (Å²) in [5, 5.41) is 0. The summed E-state index contributed by atoms with van der Waals surface area (Å²) in [5.74, 6) is -2.27. The van der Waals surface area contributed by atoms with Crippen LogP contribution in [-0.2, 0) is 23.1 Å². The summed E-state index contributed by atoms with van der Waals surface area (Å²) in [4.78, 5) is 1.93. The Bertz CT molecular complexity index is 822. The molecule has 136 valence electrons. The smallest absolute Gasteiger partial charge is 0.240 e.